The van der Waals surface area contributed by atoms with Crippen LogP contribution < -0.4 is 15.0 Å². The first kappa shape index (κ1) is 25.7. The number of nitriles is 1. The Morgan fingerprint density at radius 2 is 2.05 bits per heavy atom. The monoisotopic (exact) mass is 565 g/mol. The number of thiophene rings is 1. The van der Waals surface area contributed by atoms with E-state index < -0.39 is 17.2 Å². The summed E-state index contributed by atoms with van der Waals surface area (Å²) >= 11 is 8.01. The molecule has 0 bridgehead atoms. The Labute approximate surface area is 230 Å². The number of hydrogen-bond acceptors (Lipinski definition) is 10. The van der Waals surface area contributed by atoms with Gasteiger partial charge in [0, 0.05) is 17.8 Å². The summed E-state index contributed by atoms with van der Waals surface area (Å²) in [6.45, 7) is 1.42. The van der Waals surface area contributed by atoms with Gasteiger partial charge in [0.25, 0.3) is 11.5 Å². The standard InChI is InChI=1S/C26H19N3O6S3/c1-14-17(11-27)23(31)29(12-15-4-5-19-20(9-15)35-13-34-19)25(33)22(14)18(30)6-7-28-24(32)21(38-26(28)36)10-16-3-2-8-37-16/h2-5,8-10,33H,6-7,12-13H2,1H3/b21-10-. The summed E-state index contributed by atoms with van der Waals surface area (Å²) in [4.78, 5) is 41.9. The predicted octanol–water partition coefficient (Wildman–Crippen LogP) is 4.05. The van der Waals surface area contributed by atoms with Crippen LogP contribution in [0.3, 0.4) is 0 Å². The molecule has 1 N–H and O–H groups in total. The van der Waals surface area contributed by atoms with Crippen molar-refractivity contribution in [3.63, 3.8) is 0 Å². The van der Waals surface area contributed by atoms with Crippen molar-refractivity contribution in [3.8, 4) is 23.4 Å². The summed E-state index contributed by atoms with van der Waals surface area (Å²) in [6, 6.07) is 10.7. The minimum absolute atomic E-state index is 0.00661. The zero-order valence-corrected chi connectivity index (χ0v) is 22.4. The fourth-order valence-electron chi connectivity index (χ4n) is 4.19. The first-order chi connectivity index (χ1) is 18.3. The topological polar surface area (TPSA) is 122 Å². The van der Waals surface area contributed by atoms with E-state index >= 15 is 0 Å². The molecule has 192 valence electrons. The number of Topliss-reactive ketones (excluding diaryl/α,β-unsaturated/α-hetero) is 1. The van der Waals surface area contributed by atoms with E-state index in [0.29, 0.717) is 26.3 Å². The number of aromatic hydroxyl groups is 1. The molecule has 2 aliphatic rings. The van der Waals surface area contributed by atoms with Crippen molar-refractivity contribution in [2.75, 3.05) is 13.3 Å². The highest BCUT2D eigenvalue weighted by Gasteiger charge is 2.33. The molecule has 0 atom stereocenters. The number of fused-ring (bicyclic) bond motifs is 1. The Hall–Kier alpha value is -3.92. The fraction of sp³-hybridized carbons (Fsp3) is 0.192. The van der Waals surface area contributed by atoms with Crippen molar-refractivity contribution in [1.82, 2.24) is 9.47 Å². The molecular formula is C26H19N3O6S3. The van der Waals surface area contributed by atoms with Crippen LogP contribution in [0.4, 0.5) is 0 Å². The summed E-state index contributed by atoms with van der Waals surface area (Å²) in [6.07, 6.45) is 1.59. The maximum absolute atomic E-state index is 13.3. The Bertz CT molecular complexity index is 1620. The quantitative estimate of drug-likeness (QED) is 0.257. The lowest BCUT2D eigenvalue weighted by Crippen LogP contribution is -2.31. The minimum Gasteiger partial charge on any atom is -0.494 e. The molecule has 1 aromatic carbocycles. The van der Waals surface area contributed by atoms with E-state index in [1.54, 1.807) is 24.3 Å². The number of benzene rings is 1. The van der Waals surface area contributed by atoms with Crippen LogP contribution in [0.5, 0.6) is 17.4 Å². The number of carbonyl (C=O) groups excluding carboxylic acids is 2. The number of thiocarbonyl (C=S) groups is 1. The van der Waals surface area contributed by atoms with Crippen molar-refractivity contribution in [3.05, 3.63) is 78.1 Å². The van der Waals surface area contributed by atoms with Crippen LogP contribution in [0.15, 0.2) is 45.4 Å². The number of nitrogens with zero attached hydrogens (tertiary/aromatic N) is 3. The Morgan fingerprint density at radius 3 is 2.79 bits per heavy atom. The third-order valence-electron chi connectivity index (χ3n) is 6.11. The maximum Gasteiger partial charge on any atom is 0.271 e. The van der Waals surface area contributed by atoms with Crippen LogP contribution in [-0.4, -0.2) is 43.9 Å². The molecule has 1 fully saturated rings. The average molecular weight is 566 g/mol. The Balaban J connectivity index is 1.40. The maximum atomic E-state index is 13.3. The van der Waals surface area contributed by atoms with E-state index in [-0.39, 0.29) is 48.9 Å². The van der Waals surface area contributed by atoms with Crippen molar-refractivity contribution < 1.29 is 24.2 Å². The van der Waals surface area contributed by atoms with E-state index in [2.05, 4.69) is 0 Å². The lowest BCUT2D eigenvalue weighted by Gasteiger charge is -2.17. The molecular weight excluding hydrogens is 547 g/mol. The van der Waals surface area contributed by atoms with Gasteiger partial charge in [0.15, 0.2) is 17.3 Å². The molecule has 4 heterocycles. The first-order valence-corrected chi connectivity index (χ1v) is 13.5. The predicted molar refractivity (Wildman–Crippen MR) is 147 cm³/mol. The van der Waals surface area contributed by atoms with Crippen LogP contribution in [0, 0.1) is 18.3 Å². The highest BCUT2D eigenvalue weighted by Crippen LogP contribution is 2.35. The third kappa shape index (κ3) is 4.71. The molecule has 0 radical (unpaired) electrons. The van der Waals surface area contributed by atoms with Crippen LogP contribution in [0.2, 0.25) is 0 Å². The number of rotatable bonds is 7. The van der Waals surface area contributed by atoms with Crippen LogP contribution in [0.1, 0.15) is 38.3 Å². The van der Waals surface area contributed by atoms with Gasteiger partial charge in [0.05, 0.1) is 17.0 Å². The van der Waals surface area contributed by atoms with Gasteiger partial charge in [0.2, 0.25) is 12.7 Å². The van der Waals surface area contributed by atoms with Gasteiger partial charge in [-0.25, -0.2) is 0 Å². The molecule has 3 aromatic rings. The lowest BCUT2D eigenvalue weighted by atomic mass is 9.99. The zero-order chi connectivity index (χ0) is 27.0. The SMILES string of the molecule is Cc1c(C(=O)CCN2C(=O)/C(=C/c3cccs3)SC2=S)c(O)n(Cc2ccc3c(c2)OCO3)c(=O)c1C#N. The van der Waals surface area contributed by atoms with E-state index in [0.717, 1.165) is 21.2 Å². The van der Waals surface area contributed by atoms with E-state index in [4.69, 9.17) is 21.7 Å². The smallest absolute Gasteiger partial charge is 0.271 e. The molecule has 1 saturated heterocycles. The molecule has 38 heavy (non-hydrogen) atoms. The molecule has 0 aliphatic carbocycles. The van der Waals surface area contributed by atoms with Gasteiger partial charge in [-0.05, 0) is 47.7 Å². The Kier molecular flexibility index (Phi) is 7.07. The first-order valence-electron chi connectivity index (χ1n) is 11.4. The normalized spacial score (nSPS) is 15.4. The second kappa shape index (κ2) is 10.4. The average Bonchev–Trinajstić information content (AvgIpc) is 3.63. The van der Waals surface area contributed by atoms with Gasteiger partial charge >= 0.3 is 0 Å². The second-order valence-corrected chi connectivity index (χ2v) is 11.1. The third-order valence-corrected chi connectivity index (χ3v) is 8.31. The van der Waals surface area contributed by atoms with E-state index in [9.17, 15) is 24.8 Å². The molecule has 12 heteroatoms. The molecule has 9 nitrogen and oxygen atoms in total. The molecule has 0 saturated carbocycles. The molecule has 0 spiro atoms. The lowest BCUT2D eigenvalue weighted by molar-refractivity contribution is -0.122. The van der Waals surface area contributed by atoms with Gasteiger partial charge in [-0.15, -0.1) is 11.3 Å². The Morgan fingerprint density at radius 1 is 1.26 bits per heavy atom. The van der Waals surface area contributed by atoms with Gasteiger partial charge in [-0.2, -0.15) is 5.26 Å². The molecule has 2 aromatic heterocycles. The summed E-state index contributed by atoms with van der Waals surface area (Å²) in [5.74, 6) is -0.309. The van der Waals surface area contributed by atoms with Gasteiger partial charge < -0.3 is 14.6 Å². The number of pyridine rings is 1. The van der Waals surface area contributed by atoms with Gasteiger partial charge in [0.1, 0.15) is 16.0 Å². The summed E-state index contributed by atoms with van der Waals surface area (Å²) in [5, 5.41) is 22.6. The molecule has 0 unspecified atom stereocenters. The number of thioether (sulfide) groups is 1. The van der Waals surface area contributed by atoms with E-state index in [1.807, 2.05) is 23.6 Å². The van der Waals surface area contributed by atoms with Crippen molar-refractivity contribution in [1.29, 1.82) is 5.26 Å². The number of ketones is 1. The van der Waals surface area contributed by atoms with Crippen LogP contribution >= 0.6 is 35.3 Å². The van der Waals surface area contributed by atoms with Crippen molar-refractivity contribution >= 4 is 57.4 Å². The number of carbonyl (C=O) groups is 2. The summed E-state index contributed by atoms with van der Waals surface area (Å²) < 4.78 is 12.0. The minimum atomic E-state index is -0.715. The molecule has 1 amide bonds. The van der Waals surface area contributed by atoms with Gasteiger partial charge in [-0.3, -0.25) is 23.9 Å². The molecule has 5 rings (SSSR count). The summed E-state index contributed by atoms with van der Waals surface area (Å²) in [7, 11) is 0. The second-order valence-electron chi connectivity index (χ2n) is 8.41. The highest BCUT2D eigenvalue weighted by atomic mass is 32.2. The number of aromatic nitrogens is 1. The van der Waals surface area contributed by atoms with Crippen LogP contribution in [0.25, 0.3) is 6.08 Å². The van der Waals surface area contributed by atoms with Crippen molar-refractivity contribution in [2.45, 2.75) is 19.9 Å². The zero-order valence-electron chi connectivity index (χ0n) is 19.9. The van der Waals surface area contributed by atoms with Crippen molar-refractivity contribution in [2.24, 2.45) is 0 Å². The highest BCUT2D eigenvalue weighted by molar-refractivity contribution is 8.26. The number of amides is 1. The molecule has 2 aliphatic heterocycles. The number of hydrogen-bond donors (Lipinski definition) is 1. The van der Waals surface area contributed by atoms with Crippen LogP contribution in [-0.2, 0) is 11.3 Å². The van der Waals surface area contributed by atoms with E-state index in [1.165, 1.54) is 23.2 Å². The number of ether oxygens (including phenoxy) is 2. The summed E-state index contributed by atoms with van der Waals surface area (Å²) in [5.41, 5.74) is -0.400. The van der Waals surface area contributed by atoms with Gasteiger partial charge in [-0.1, -0.05) is 36.1 Å². The fourth-order valence-corrected chi connectivity index (χ4v) is 6.22. The largest absolute Gasteiger partial charge is 0.494 e.